The Morgan fingerprint density at radius 1 is 0.969 bits per heavy atom. The third-order valence-corrected chi connectivity index (χ3v) is 6.97. The molecule has 0 saturated carbocycles. The molecule has 32 heavy (non-hydrogen) atoms. The van der Waals surface area contributed by atoms with Gasteiger partial charge in [-0.1, -0.05) is 60.7 Å². The summed E-state index contributed by atoms with van der Waals surface area (Å²) in [5, 5.41) is 3.04. The van der Waals surface area contributed by atoms with Crippen LogP contribution in [0.1, 0.15) is 59.4 Å². The van der Waals surface area contributed by atoms with Crippen LogP contribution in [-0.4, -0.2) is 25.8 Å². The van der Waals surface area contributed by atoms with Crippen molar-refractivity contribution in [2.45, 2.75) is 38.5 Å². The first-order valence-electron chi connectivity index (χ1n) is 11.6. The van der Waals surface area contributed by atoms with Gasteiger partial charge in [0.05, 0.1) is 6.61 Å². The Morgan fingerprint density at radius 3 is 2.19 bits per heavy atom. The highest BCUT2D eigenvalue weighted by Crippen LogP contribution is 2.51. The molecule has 3 aromatic rings. The van der Waals surface area contributed by atoms with Crippen LogP contribution in [0.2, 0.25) is 0 Å². The van der Waals surface area contributed by atoms with Crippen LogP contribution in [-0.2, 0) is 4.74 Å². The van der Waals surface area contributed by atoms with Crippen LogP contribution in [0.5, 0.6) is 0 Å². The Labute approximate surface area is 190 Å². The second-order valence-electron chi connectivity index (χ2n) is 8.74. The molecule has 0 aromatic heterocycles. The minimum Gasteiger partial charge on any atom is -0.450 e. The molecule has 1 amide bonds. The number of hydrogen-bond acceptors (Lipinski definition) is 3. The average Bonchev–Trinajstić information content (AvgIpc) is 2.83. The smallest absolute Gasteiger partial charge is 0.411 e. The Morgan fingerprint density at radius 2 is 1.56 bits per heavy atom. The van der Waals surface area contributed by atoms with Crippen LogP contribution < -0.4 is 10.2 Å². The maximum Gasteiger partial charge on any atom is 0.411 e. The fraction of sp³-hybridized carbons (Fsp3) is 0.321. The van der Waals surface area contributed by atoms with Gasteiger partial charge >= 0.3 is 6.09 Å². The molecular weight excluding hydrogens is 396 g/mol. The van der Waals surface area contributed by atoms with Crippen LogP contribution in [0, 0.1) is 6.92 Å². The van der Waals surface area contributed by atoms with Crippen molar-refractivity contribution in [2.24, 2.45) is 0 Å². The van der Waals surface area contributed by atoms with E-state index in [1.807, 2.05) is 6.92 Å². The standard InChI is InChI=1S/C28H30N2O2/c1-3-32-28(31)29-25-18-24-22(20-10-6-4-7-11-20)14-16-30-17-15-23(21-12-8-5-9-13-21)26(19(25)2)27(24)30/h4-13,18,22-23H,3,14-17H2,1-2H3,(H,29,31)/t22-,23-/m0/s1. The fourth-order valence-electron chi connectivity index (χ4n) is 5.52. The minimum atomic E-state index is -0.390. The van der Waals surface area contributed by atoms with E-state index in [0.717, 1.165) is 37.2 Å². The summed E-state index contributed by atoms with van der Waals surface area (Å²) in [5.74, 6) is 0.638. The number of ether oxygens (including phenoxy) is 1. The molecule has 3 aromatic carbocycles. The van der Waals surface area contributed by atoms with Crippen molar-refractivity contribution in [1.82, 2.24) is 0 Å². The molecule has 0 fully saturated rings. The molecule has 1 N–H and O–H groups in total. The second-order valence-corrected chi connectivity index (χ2v) is 8.74. The van der Waals surface area contributed by atoms with Gasteiger partial charge < -0.3 is 9.64 Å². The van der Waals surface area contributed by atoms with Crippen LogP contribution in [0.15, 0.2) is 66.7 Å². The molecule has 4 heteroatoms. The highest BCUT2D eigenvalue weighted by molar-refractivity contribution is 5.88. The van der Waals surface area contributed by atoms with Gasteiger partial charge in [0.15, 0.2) is 0 Å². The first kappa shape index (κ1) is 20.6. The van der Waals surface area contributed by atoms with Crippen molar-refractivity contribution in [3.8, 4) is 0 Å². The molecular formula is C28H30N2O2. The third kappa shape index (κ3) is 3.64. The molecule has 0 bridgehead atoms. The lowest BCUT2D eigenvalue weighted by molar-refractivity contribution is 0.168. The first-order valence-corrected chi connectivity index (χ1v) is 11.6. The first-order chi connectivity index (χ1) is 15.7. The normalized spacial score (nSPS) is 19.2. The van der Waals surface area contributed by atoms with E-state index in [9.17, 15) is 4.79 Å². The van der Waals surface area contributed by atoms with Crippen molar-refractivity contribution >= 4 is 17.5 Å². The summed E-state index contributed by atoms with van der Waals surface area (Å²) < 4.78 is 5.22. The molecule has 0 aliphatic carbocycles. The van der Waals surface area contributed by atoms with E-state index >= 15 is 0 Å². The Hall–Kier alpha value is -3.27. The minimum absolute atomic E-state index is 0.319. The van der Waals surface area contributed by atoms with Gasteiger partial charge in [0.2, 0.25) is 0 Å². The van der Waals surface area contributed by atoms with E-state index < -0.39 is 6.09 Å². The third-order valence-electron chi connectivity index (χ3n) is 6.97. The van der Waals surface area contributed by atoms with Gasteiger partial charge in [0, 0.05) is 36.3 Å². The number of benzene rings is 3. The number of carbonyl (C=O) groups is 1. The molecule has 2 atom stereocenters. The van der Waals surface area contributed by atoms with Crippen molar-refractivity contribution in [3.05, 3.63) is 94.5 Å². The van der Waals surface area contributed by atoms with Gasteiger partial charge in [-0.05, 0) is 60.6 Å². The molecule has 5 rings (SSSR count). The number of hydrogen-bond donors (Lipinski definition) is 1. The van der Waals surface area contributed by atoms with Crippen LogP contribution in [0.4, 0.5) is 16.2 Å². The summed E-state index contributed by atoms with van der Waals surface area (Å²) in [5.41, 5.74) is 8.72. The van der Waals surface area contributed by atoms with Crippen LogP contribution >= 0.6 is 0 Å². The van der Waals surface area contributed by atoms with E-state index in [2.05, 4.69) is 83.9 Å². The number of anilines is 2. The van der Waals surface area contributed by atoms with Crippen molar-refractivity contribution in [3.63, 3.8) is 0 Å². The summed E-state index contributed by atoms with van der Waals surface area (Å²) in [6.45, 7) is 6.45. The number of nitrogens with zero attached hydrogens (tertiary/aromatic N) is 1. The van der Waals surface area contributed by atoms with Gasteiger partial charge in [-0.15, -0.1) is 0 Å². The molecule has 0 radical (unpaired) electrons. The Kier molecular flexibility index (Phi) is 5.60. The monoisotopic (exact) mass is 426 g/mol. The largest absolute Gasteiger partial charge is 0.450 e. The number of nitrogens with one attached hydrogen (secondary N) is 1. The lowest BCUT2D eigenvalue weighted by atomic mass is 9.74. The topological polar surface area (TPSA) is 41.6 Å². The Bertz CT molecular complexity index is 1110. The fourth-order valence-corrected chi connectivity index (χ4v) is 5.52. The summed E-state index contributed by atoms with van der Waals surface area (Å²) >= 11 is 0. The summed E-state index contributed by atoms with van der Waals surface area (Å²) in [7, 11) is 0. The van der Waals surface area contributed by atoms with Gasteiger partial charge in [-0.3, -0.25) is 5.32 Å². The SMILES string of the molecule is CCOC(=O)Nc1cc2c3c(c1C)[C@H](c1ccccc1)CCN3CC[C@H]2c1ccccc1. The molecule has 2 aliphatic heterocycles. The lowest BCUT2D eigenvalue weighted by Crippen LogP contribution is -2.38. The predicted octanol–water partition coefficient (Wildman–Crippen LogP) is 6.44. The van der Waals surface area contributed by atoms with E-state index in [-0.39, 0.29) is 0 Å². The molecule has 0 spiro atoms. The summed E-state index contributed by atoms with van der Waals surface area (Å²) in [4.78, 5) is 14.9. The zero-order chi connectivity index (χ0) is 22.1. The van der Waals surface area contributed by atoms with Gasteiger partial charge in [0.1, 0.15) is 0 Å². The van der Waals surface area contributed by atoms with Crippen molar-refractivity contribution < 1.29 is 9.53 Å². The van der Waals surface area contributed by atoms with Crippen molar-refractivity contribution in [2.75, 3.05) is 29.9 Å². The highest BCUT2D eigenvalue weighted by atomic mass is 16.5. The lowest BCUT2D eigenvalue weighted by Gasteiger charge is -2.44. The van der Waals surface area contributed by atoms with Gasteiger partial charge in [-0.25, -0.2) is 4.79 Å². The maximum atomic E-state index is 12.4. The van der Waals surface area contributed by atoms with Gasteiger partial charge in [0.25, 0.3) is 0 Å². The number of rotatable bonds is 4. The molecule has 2 aliphatic rings. The van der Waals surface area contributed by atoms with Crippen molar-refractivity contribution in [1.29, 1.82) is 0 Å². The maximum absolute atomic E-state index is 12.4. The summed E-state index contributed by atoms with van der Waals surface area (Å²) in [6, 6.07) is 23.7. The summed E-state index contributed by atoms with van der Waals surface area (Å²) in [6.07, 6.45) is 1.77. The molecule has 0 saturated heterocycles. The quantitative estimate of drug-likeness (QED) is 0.522. The molecule has 2 heterocycles. The van der Waals surface area contributed by atoms with Crippen LogP contribution in [0.3, 0.4) is 0 Å². The average molecular weight is 427 g/mol. The van der Waals surface area contributed by atoms with E-state index in [4.69, 9.17) is 4.74 Å². The highest BCUT2D eigenvalue weighted by Gasteiger charge is 2.36. The van der Waals surface area contributed by atoms with E-state index in [1.165, 1.54) is 27.9 Å². The Balaban J connectivity index is 1.70. The second kappa shape index (κ2) is 8.70. The predicted molar refractivity (Wildman–Crippen MR) is 130 cm³/mol. The zero-order valence-electron chi connectivity index (χ0n) is 18.8. The van der Waals surface area contributed by atoms with Gasteiger partial charge in [-0.2, -0.15) is 0 Å². The van der Waals surface area contributed by atoms with E-state index in [1.54, 1.807) is 0 Å². The number of amides is 1. The zero-order valence-corrected chi connectivity index (χ0v) is 18.8. The molecule has 164 valence electrons. The number of carbonyl (C=O) groups excluding carboxylic acids is 1. The molecule has 4 nitrogen and oxygen atoms in total. The molecule has 0 unspecified atom stereocenters. The van der Waals surface area contributed by atoms with E-state index in [0.29, 0.717) is 18.4 Å². The van der Waals surface area contributed by atoms with Crippen LogP contribution in [0.25, 0.3) is 0 Å².